The molecule has 2 heterocycles. The van der Waals surface area contributed by atoms with Crippen molar-refractivity contribution in [3.8, 4) is 17.5 Å². The fourth-order valence-electron chi connectivity index (χ4n) is 2.63. The van der Waals surface area contributed by atoms with Crippen molar-refractivity contribution in [1.29, 1.82) is 5.26 Å². The zero-order chi connectivity index (χ0) is 16.2. The lowest BCUT2D eigenvalue weighted by atomic mass is 10.1. The van der Waals surface area contributed by atoms with Crippen LogP contribution in [0, 0.1) is 11.3 Å². The van der Waals surface area contributed by atoms with Gasteiger partial charge in [-0.2, -0.15) is 5.26 Å². The molecule has 0 spiro atoms. The van der Waals surface area contributed by atoms with Gasteiger partial charge in [-0.3, -0.25) is 14.3 Å². The topological polar surface area (TPSA) is 58.7 Å². The van der Waals surface area contributed by atoms with Crippen LogP contribution in [0.1, 0.15) is 24.1 Å². The van der Waals surface area contributed by atoms with Crippen LogP contribution >= 0.6 is 0 Å². The molecule has 23 heavy (non-hydrogen) atoms. The molecule has 0 fully saturated rings. The lowest BCUT2D eigenvalue weighted by Gasteiger charge is -2.20. The number of pyridine rings is 2. The predicted octanol–water partition coefficient (Wildman–Crippen LogP) is 3.39. The van der Waals surface area contributed by atoms with Crippen molar-refractivity contribution < 1.29 is 0 Å². The fourth-order valence-corrected chi connectivity index (χ4v) is 2.63. The summed E-state index contributed by atoms with van der Waals surface area (Å²) >= 11 is 0. The van der Waals surface area contributed by atoms with E-state index in [1.54, 1.807) is 22.9 Å². The molecule has 0 N–H and O–H groups in total. The third kappa shape index (κ3) is 2.77. The summed E-state index contributed by atoms with van der Waals surface area (Å²) in [7, 11) is 0. The maximum atomic E-state index is 12.7. The Balaban J connectivity index is 2.25. The molecule has 0 saturated heterocycles. The molecule has 1 atom stereocenters. The predicted molar refractivity (Wildman–Crippen MR) is 88.9 cm³/mol. The van der Waals surface area contributed by atoms with Crippen LogP contribution in [0.4, 0.5) is 0 Å². The van der Waals surface area contributed by atoms with Crippen molar-refractivity contribution in [2.75, 3.05) is 0 Å². The van der Waals surface area contributed by atoms with Gasteiger partial charge in [-0.05, 0) is 36.8 Å². The minimum absolute atomic E-state index is 0.132. The molecule has 4 nitrogen and oxygen atoms in total. The lowest BCUT2D eigenvalue weighted by Crippen LogP contribution is -2.27. The summed E-state index contributed by atoms with van der Waals surface area (Å²) in [5.41, 5.74) is 2.24. The summed E-state index contributed by atoms with van der Waals surface area (Å²) in [6.45, 7) is 1.95. The minimum atomic E-state index is -0.299. The number of benzene rings is 1. The normalized spacial score (nSPS) is 11.7. The van der Waals surface area contributed by atoms with Crippen LogP contribution in [0.15, 0.2) is 71.7 Å². The van der Waals surface area contributed by atoms with E-state index in [0.29, 0.717) is 11.4 Å². The maximum absolute atomic E-state index is 12.7. The highest BCUT2D eigenvalue weighted by molar-refractivity contribution is 5.56. The number of hydrogen-bond acceptors (Lipinski definition) is 3. The summed E-state index contributed by atoms with van der Waals surface area (Å²) in [6, 6.07) is 20.4. The standard InChI is InChI=1S/C19H15N3O/c1-14(15-7-3-2-4-8-15)22-18(17-9-5-6-12-21-17)11-10-16(13-20)19(22)23/h2-12,14H,1H3. The van der Waals surface area contributed by atoms with E-state index in [1.807, 2.05) is 61.5 Å². The number of hydrogen-bond donors (Lipinski definition) is 0. The summed E-state index contributed by atoms with van der Waals surface area (Å²) in [6.07, 6.45) is 1.69. The first-order valence-corrected chi connectivity index (χ1v) is 7.34. The van der Waals surface area contributed by atoms with Gasteiger partial charge >= 0.3 is 0 Å². The lowest BCUT2D eigenvalue weighted by molar-refractivity contribution is 0.619. The van der Waals surface area contributed by atoms with E-state index >= 15 is 0 Å². The molecule has 3 rings (SSSR count). The van der Waals surface area contributed by atoms with Gasteiger partial charge in [0.25, 0.3) is 5.56 Å². The van der Waals surface area contributed by atoms with Gasteiger partial charge in [-0.15, -0.1) is 0 Å². The fraction of sp³-hybridized carbons (Fsp3) is 0.105. The molecule has 0 aliphatic heterocycles. The second-order valence-corrected chi connectivity index (χ2v) is 5.22. The van der Waals surface area contributed by atoms with Crippen LogP contribution in [0.2, 0.25) is 0 Å². The Morgan fingerprint density at radius 3 is 2.43 bits per heavy atom. The number of aromatic nitrogens is 2. The van der Waals surface area contributed by atoms with Crippen molar-refractivity contribution in [2.45, 2.75) is 13.0 Å². The SMILES string of the molecule is CC(c1ccccc1)n1c(-c2ccccn2)ccc(C#N)c1=O. The van der Waals surface area contributed by atoms with Crippen LogP contribution < -0.4 is 5.56 Å². The molecule has 0 amide bonds. The van der Waals surface area contributed by atoms with Gasteiger partial charge in [-0.1, -0.05) is 36.4 Å². The van der Waals surface area contributed by atoms with E-state index in [-0.39, 0.29) is 17.2 Å². The first-order chi connectivity index (χ1) is 11.2. The average Bonchev–Trinajstić information content (AvgIpc) is 2.62. The molecule has 4 heteroatoms. The Morgan fingerprint density at radius 2 is 1.78 bits per heavy atom. The van der Waals surface area contributed by atoms with Crippen molar-refractivity contribution in [1.82, 2.24) is 9.55 Å². The van der Waals surface area contributed by atoms with E-state index in [2.05, 4.69) is 4.98 Å². The molecular formula is C19H15N3O. The monoisotopic (exact) mass is 301 g/mol. The average molecular weight is 301 g/mol. The molecule has 1 aromatic carbocycles. The highest BCUT2D eigenvalue weighted by atomic mass is 16.1. The molecular weight excluding hydrogens is 286 g/mol. The molecule has 3 aromatic rings. The molecule has 0 aliphatic carbocycles. The van der Waals surface area contributed by atoms with E-state index < -0.39 is 0 Å². The molecule has 0 saturated carbocycles. The number of nitriles is 1. The van der Waals surface area contributed by atoms with Gasteiger partial charge < -0.3 is 0 Å². The smallest absolute Gasteiger partial charge is 0.269 e. The van der Waals surface area contributed by atoms with Crippen LogP contribution in [-0.2, 0) is 0 Å². The molecule has 0 aliphatic rings. The summed E-state index contributed by atoms with van der Waals surface area (Å²) < 4.78 is 1.64. The highest BCUT2D eigenvalue weighted by Crippen LogP contribution is 2.23. The summed E-state index contributed by atoms with van der Waals surface area (Å²) in [5, 5.41) is 9.18. The number of rotatable bonds is 3. The van der Waals surface area contributed by atoms with E-state index in [1.165, 1.54) is 0 Å². The first kappa shape index (κ1) is 14.7. The summed E-state index contributed by atoms with van der Waals surface area (Å²) in [4.78, 5) is 17.1. The molecule has 112 valence electrons. The van der Waals surface area contributed by atoms with Crippen molar-refractivity contribution in [3.63, 3.8) is 0 Å². The largest absolute Gasteiger partial charge is 0.298 e. The Bertz CT molecular complexity index is 909. The zero-order valence-electron chi connectivity index (χ0n) is 12.7. The van der Waals surface area contributed by atoms with Crippen LogP contribution in [0.25, 0.3) is 11.4 Å². The molecule has 0 radical (unpaired) electrons. The minimum Gasteiger partial charge on any atom is -0.298 e. The second kappa shape index (κ2) is 6.29. The quantitative estimate of drug-likeness (QED) is 0.745. The van der Waals surface area contributed by atoms with Gasteiger partial charge in [0, 0.05) is 6.20 Å². The Kier molecular flexibility index (Phi) is 4.03. The van der Waals surface area contributed by atoms with Crippen molar-refractivity contribution >= 4 is 0 Å². The van der Waals surface area contributed by atoms with E-state index in [9.17, 15) is 10.1 Å². The molecule has 2 aromatic heterocycles. The maximum Gasteiger partial charge on any atom is 0.269 e. The van der Waals surface area contributed by atoms with Crippen LogP contribution in [0.3, 0.4) is 0 Å². The van der Waals surface area contributed by atoms with E-state index in [0.717, 1.165) is 5.56 Å². The third-order valence-electron chi connectivity index (χ3n) is 3.83. The zero-order valence-corrected chi connectivity index (χ0v) is 12.7. The Labute approximate surface area is 134 Å². The Hall–Kier alpha value is -3.19. The van der Waals surface area contributed by atoms with Gasteiger partial charge in [0.1, 0.15) is 11.6 Å². The molecule has 0 bridgehead atoms. The van der Waals surface area contributed by atoms with Crippen molar-refractivity contribution in [2.24, 2.45) is 0 Å². The van der Waals surface area contributed by atoms with Gasteiger partial charge in [0.05, 0.1) is 17.4 Å². The Morgan fingerprint density at radius 1 is 1.04 bits per heavy atom. The molecule has 1 unspecified atom stereocenters. The van der Waals surface area contributed by atoms with Crippen molar-refractivity contribution in [3.05, 3.63) is 88.3 Å². The van der Waals surface area contributed by atoms with Crippen LogP contribution in [-0.4, -0.2) is 9.55 Å². The van der Waals surface area contributed by atoms with Crippen LogP contribution in [0.5, 0.6) is 0 Å². The van der Waals surface area contributed by atoms with E-state index in [4.69, 9.17) is 0 Å². The van der Waals surface area contributed by atoms with Gasteiger partial charge in [0.2, 0.25) is 0 Å². The van der Waals surface area contributed by atoms with Gasteiger partial charge in [0.15, 0.2) is 0 Å². The third-order valence-corrected chi connectivity index (χ3v) is 3.83. The summed E-state index contributed by atoms with van der Waals surface area (Å²) in [5.74, 6) is 0. The van der Waals surface area contributed by atoms with Gasteiger partial charge in [-0.25, -0.2) is 0 Å². The number of nitrogens with zero attached hydrogens (tertiary/aromatic N) is 3. The highest BCUT2D eigenvalue weighted by Gasteiger charge is 2.17. The first-order valence-electron chi connectivity index (χ1n) is 7.34. The second-order valence-electron chi connectivity index (χ2n) is 5.22.